The molecular weight excluding hydrogens is 493 g/mol. The molecule has 38 heavy (non-hydrogen) atoms. The van der Waals surface area contributed by atoms with Gasteiger partial charge in [0.2, 0.25) is 0 Å². The van der Waals surface area contributed by atoms with E-state index in [1.165, 1.54) is 5.56 Å². The Kier molecular flexibility index (Phi) is 11.5. The highest BCUT2D eigenvalue weighted by atomic mass is 19.4. The molecule has 0 amide bonds. The largest absolute Gasteiger partial charge is 0.493 e. The summed E-state index contributed by atoms with van der Waals surface area (Å²) in [7, 11) is 1.63. The van der Waals surface area contributed by atoms with Gasteiger partial charge in [-0.2, -0.15) is 13.2 Å². The Labute approximate surface area is 223 Å². The predicted octanol–water partition coefficient (Wildman–Crippen LogP) is 7.43. The molecule has 206 valence electrons. The summed E-state index contributed by atoms with van der Waals surface area (Å²) in [5.41, 5.74) is 5.02. The van der Waals surface area contributed by atoms with Crippen LogP contribution in [0.3, 0.4) is 0 Å². The van der Waals surface area contributed by atoms with E-state index < -0.39 is 12.6 Å². The van der Waals surface area contributed by atoms with E-state index in [1.807, 2.05) is 30.3 Å². The monoisotopic (exact) mass is 530 g/mol. The summed E-state index contributed by atoms with van der Waals surface area (Å²) in [6.45, 7) is 5.06. The topological polar surface area (TPSA) is 47.9 Å². The number of rotatable bonds is 15. The summed E-state index contributed by atoms with van der Waals surface area (Å²) in [5, 5.41) is 9.16. The van der Waals surface area contributed by atoms with Crippen LogP contribution in [0.4, 0.5) is 13.2 Å². The molecule has 1 unspecified atom stereocenters. The molecule has 0 aromatic heterocycles. The number of ether oxygens (including phenoxy) is 3. The van der Waals surface area contributed by atoms with Crippen LogP contribution >= 0.6 is 0 Å². The fraction of sp³-hybridized carbons (Fsp3) is 0.419. The SMILES string of the molecule is C=C(CO)CCOc1cc(OCCOC)cc(C2=CCC(c3ccc(CCCCC(F)(F)F)cc3)C=C2)c1. The zero-order chi connectivity index (χ0) is 27.4. The fourth-order valence-electron chi connectivity index (χ4n) is 4.21. The third-order valence-corrected chi connectivity index (χ3v) is 6.40. The van der Waals surface area contributed by atoms with Gasteiger partial charge in [0.05, 0.1) is 19.8 Å². The van der Waals surface area contributed by atoms with Crippen LogP contribution < -0.4 is 9.47 Å². The van der Waals surface area contributed by atoms with Crippen molar-refractivity contribution in [1.29, 1.82) is 0 Å². The average Bonchev–Trinajstić information content (AvgIpc) is 2.91. The second-order valence-corrected chi connectivity index (χ2v) is 9.47. The lowest BCUT2D eigenvalue weighted by atomic mass is 9.87. The fourth-order valence-corrected chi connectivity index (χ4v) is 4.21. The van der Waals surface area contributed by atoms with Crippen molar-refractivity contribution in [2.24, 2.45) is 0 Å². The highest BCUT2D eigenvalue weighted by Gasteiger charge is 2.25. The first kappa shape index (κ1) is 29.5. The first-order valence-electron chi connectivity index (χ1n) is 13.0. The van der Waals surface area contributed by atoms with Gasteiger partial charge in [-0.25, -0.2) is 0 Å². The van der Waals surface area contributed by atoms with Gasteiger partial charge in [0, 0.05) is 31.9 Å². The van der Waals surface area contributed by atoms with Crippen molar-refractivity contribution >= 4 is 5.57 Å². The molecule has 0 saturated carbocycles. The summed E-state index contributed by atoms with van der Waals surface area (Å²) in [6, 6.07) is 14.0. The molecule has 0 bridgehead atoms. The molecular formula is C31H37F3O4. The van der Waals surface area contributed by atoms with Gasteiger partial charge in [-0.3, -0.25) is 0 Å². The zero-order valence-electron chi connectivity index (χ0n) is 21.9. The van der Waals surface area contributed by atoms with Crippen molar-refractivity contribution in [3.05, 3.63) is 89.5 Å². The first-order chi connectivity index (χ1) is 18.3. The van der Waals surface area contributed by atoms with Crippen molar-refractivity contribution in [3.63, 3.8) is 0 Å². The minimum atomic E-state index is -4.08. The lowest BCUT2D eigenvalue weighted by molar-refractivity contribution is -0.135. The second-order valence-electron chi connectivity index (χ2n) is 9.47. The number of aliphatic hydroxyl groups excluding tert-OH is 1. The molecule has 1 atom stereocenters. The Balaban J connectivity index is 1.62. The number of unbranched alkanes of at least 4 members (excludes halogenated alkanes) is 1. The molecule has 0 radical (unpaired) electrons. The minimum absolute atomic E-state index is 0.0572. The molecule has 1 N–H and O–H groups in total. The molecule has 1 aliphatic rings. The van der Waals surface area contributed by atoms with E-state index in [0.717, 1.165) is 28.7 Å². The molecule has 0 heterocycles. The molecule has 3 rings (SSSR count). The predicted molar refractivity (Wildman–Crippen MR) is 145 cm³/mol. The molecule has 0 spiro atoms. The van der Waals surface area contributed by atoms with Gasteiger partial charge in [-0.15, -0.1) is 0 Å². The van der Waals surface area contributed by atoms with Crippen molar-refractivity contribution in [2.75, 3.05) is 33.5 Å². The Bertz CT molecular complexity index is 1090. The normalized spacial score (nSPS) is 15.3. The Morgan fingerprint density at radius 2 is 1.71 bits per heavy atom. The van der Waals surface area contributed by atoms with Crippen molar-refractivity contribution < 1.29 is 32.5 Å². The van der Waals surface area contributed by atoms with Gasteiger partial charge >= 0.3 is 6.18 Å². The number of methoxy groups -OCH3 is 1. The Morgan fingerprint density at radius 1 is 1.00 bits per heavy atom. The van der Waals surface area contributed by atoms with Gasteiger partial charge in [-0.05, 0) is 65.7 Å². The quantitative estimate of drug-likeness (QED) is 0.192. The summed E-state index contributed by atoms with van der Waals surface area (Å²) >= 11 is 0. The van der Waals surface area contributed by atoms with Crippen LogP contribution in [0.25, 0.3) is 5.57 Å². The van der Waals surface area contributed by atoms with Crippen molar-refractivity contribution in [2.45, 2.75) is 50.6 Å². The molecule has 2 aromatic rings. The maximum atomic E-state index is 12.3. The van der Waals surface area contributed by atoms with Crippen molar-refractivity contribution in [3.8, 4) is 11.5 Å². The summed E-state index contributed by atoms with van der Waals surface area (Å²) in [5.74, 6) is 1.61. The molecule has 0 saturated heterocycles. The van der Waals surface area contributed by atoms with Gasteiger partial charge in [0.1, 0.15) is 18.1 Å². The third kappa shape index (κ3) is 10.0. The van der Waals surface area contributed by atoms with Crippen LogP contribution in [0.1, 0.15) is 54.7 Å². The number of allylic oxidation sites excluding steroid dienone is 4. The maximum Gasteiger partial charge on any atom is 0.389 e. The van der Waals surface area contributed by atoms with Gasteiger partial charge in [0.15, 0.2) is 0 Å². The number of benzene rings is 2. The standard InChI is InChI=1S/C31H37F3O4/c1-23(22-35)14-16-37-29-19-28(20-30(21-29)38-18-17-36-2)27-12-10-26(11-13-27)25-8-6-24(7-9-25)5-3-4-15-31(32,33)34/h6-10,12-13,19-21,26,35H,1,3-5,11,14-18,22H2,2H3. The second kappa shape index (κ2) is 14.8. The highest BCUT2D eigenvalue weighted by Crippen LogP contribution is 2.34. The number of alkyl halides is 3. The molecule has 4 nitrogen and oxygen atoms in total. The van der Waals surface area contributed by atoms with E-state index in [4.69, 9.17) is 19.3 Å². The van der Waals surface area contributed by atoms with E-state index in [2.05, 4.69) is 36.9 Å². The average molecular weight is 531 g/mol. The Hall–Kier alpha value is -3.03. The smallest absolute Gasteiger partial charge is 0.389 e. The van der Waals surface area contributed by atoms with E-state index in [9.17, 15) is 13.2 Å². The third-order valence-electron chi connectivity index (χ3n) is 6.40. The summed E-state index contributed by atoms with van der Waals surface area (Å²) < 4.78 is 53.8. The van der Waals surface area contributed by atoms with Crippen molar-refractivity contribution in [1.82, 2.24) is 0 Å². The highest BCUT2D eigenvalue weighted by molar-refractivity contribution is 5.77. The molecule has 2 aromatic carbocycles. The van der Waals surface area contributed by atoms with Crippen LogP contribution in [0.5, 0.6) is 11.5 Å². The zero-order valence-corrected chi connectivity index (χ0v) is 21.9. The van der Waals surface area contributed by atoms with Crippen LogP contribution in [-0.2, 0) is 11.2 Å². The summed E-state index contributed by atoms with van der Waals surface area (Å²) in [4.78, 5) is 0. The van der Waals surface area contributed by atoms with Gasteiger partial charge in [-0.1, -0.05) is 49.1 Å². The van der Waals surface area contributed by atoms with Gasteiger partial charge in [0.25, 0.3) is 0 Å². The molecule has 1 aliphatic carbocycles. The number of aryl methyl sites for hydroxylation is 1. The lowest BCUT2D eigenvalue weighted by Gasteiger charge is -2.19. The minimum Gasteiger partial charge on any atom is -0.493 e. The number of hydrogen-bond donors (Lipinski definition) is 1. The van der Waals surface area contributed by atoms with Crippen LogP contribution in [0.15, 0.2) is 72.8 Å². The van der Waals surface area contributed by atoms with E-state index in [1.54, 1.807) is 7.11 Å². The molecule has 0 aliphatic heterocycles. The summed E-state index contributed by atoms with van der Waals surface area (Å²) in [6.07, 6.45) is 4.42. The number of halogens is 3. The first-order valence-corrected chi connectivity index (χ1v) is 13.0. The van der Waals surface area contributed by atoms with E-state index >= 15 is 0 Å². The maximum absolute atomic E-state index is 12.3. The van der Waals surface area contributed by atoms with Gasteiger partial charge < -0.3 is 19.3 Å². The number of aliphatic hydroxyl groups is 1. The number of hydrogen-bond acceptors (Lipinski definition) is 4. The van der Waals surface area contributed by atoms with E-state index in [-0.39, 0.29) is 18.9 Å². The van der Waals surface area contributed by atoms with Crippen LogP contribution in [0.2, 0.25) is 0 Å². The lowest BCUT2D eigenvalue weighted by Crippen LogP contribution is -2.06. The van der Waals surface area contributed by atoms with Crippen LogP contribution in [-0.4, -0.2) is 44.8 Å². The molecule has 7 heteroatoms. The van der Waals surface area contributed by atoms with Crippen LogP contribution in [0, 0.1) is 0 Å². The Morgan fingerprint density at radius 3 is 2.32 bits per heavy atom. The van der Waals surface area contributed by atoms with E-state index in [0.29, 0.717) is 50.6 Å². The molecule has 0 fully saturated rings.